The third-order valence-corrected chi connectivity index (χ3v) is 4.76. The molecule has 0 saturated carbocycles. The molecular weight excluding hydrogens is 345 g/mol. The predicted molar refractivity (Wildman–Crippen MR) is 76.3 cm³/mol. The van der Waals surface area contributed by atoms with Crippen molar-refractivity contribution in [3.63, 3.8) is 0 Å². The van der Waals surface area contributed by atoms with E-state index in [0.717, 1.165) is 4.47 Å². The van der Waals surface area contributed by atoms with Gasteiger partial charge in [0, 0.05) is 15.7 Å². The zero-order valence-corrected chi connectivity index (χ0v) is 12.3. The first kappa shape index (κ1) is 12.9. The van der Waals surface area contributed by atoms with Crippen LogP contribution in [0.25, 0.3) is 0 Å². The van der Waals surface area contributed by atoms with Crippen molar-refractivity contribution in [1.29, 1.82) is 0 Å². The minimum atomic E-state index is -0.189. The number of nitrogen functional groups attached to an aromatic ring is 1. The lowest BCUT2D eigenvalue weighted by Crippen LogP contribution is -2.02. The van der Waals surface area contributed by atoms with Gasteiger partial charge in [0.15, 0.2) is 0 Å². The molecule has 0 aliphatic heterocycles. The number of carbonyl (C=O) groups excluding carboxylic acids is 1. The van der Waals surface area contributed by atoms with Crippen molar-refractivity contribution >= 4 is 61.9 Å². The lowest BCUT2D eigenvalue weighted by Gasteiger charge is -2.06. The molecule has 2 rings (SSSR count). The molecule has 0 spiro atoms. The summed E-state index contributed by atoms with van der Waals surface area (Å²) in [5.41, 5.74) is 6.39. The van der Waals surface area contributed by atoms with Gasteiger partial charge < -0.3 is 5.73 Å². The zero-order valence-electron chi connectivity index (χ0n) is 8.34. The van der Waals surface area contributed by atoms with Crippen molar-refractivity contribution in [2.45, 2.75) is 0 Å². The van der Waals surface area contributed by atoms with E-state index in [4.69, 9.17) is 28.9 Å². The van der Waals surface area contributed by atoms with Crippen LogP contribution in [0.3, 0.4) is 0 Å². The van der Waals surface area contributed by atoms with Crippen molar-refractivity contribution in [2.75, 3.05) is 5.73 Å². The minimum absolute atomic E-state index is 0.189. The maximum atomic E-state index is 12.2. The number of hydrogen-bond acceptors (Lipinski definition) is 3. The van der Waals surface area contributed by atoms with Gasteiger partial charge in [-0.05, 0) is 39.5 Å². The van der Waals surface area contributed by atoms with Crippen LogP contribution in [0.1, 0.15) is 15.2 Å². The maximum Gasteiger partial charge on any atom is 0.205 e. The molecule has 2 nitrogen and oxygen atoms in total. The van der Waals surface area contributed by atoms with Gasteiger partial charge in [-0.3, -0.25) is 4.79 Å². The van der Waals surface area contributed by atoms with Crippen molar-refractivity contribution in [2.24, 2.45) is 0 Å². The van der Waals surface area contributed by atoms with Gasteiger partial charge in [-0.1, -0.05) is 23.2 Å². The van der Waals surface area contributed by atoms with Gasteiger partial charge in [-0.2, -0.15) is 0 Å². The molecule has 0 amide bonds. The molecule has 0 bridgehead atoms. The van der Waals surface area contributed by atoms with Crippen molar-refractivity contribution < 1.29 is 4.79 Å². The average Bonchev–Trinajstić information content (AvgIpc) is 2.69. The standard InChI is InChI=1S/C11H6BrCl2NOS/c12-7-1-2-17-11(7)10(16)6-3-5(15)4-8(13)9(6)14/h1-4H,15H2. The molecule has 6 heteroatoms. The van der Waals surface area contributed by atoms with E-state index in [1.54, 1.807) is 6.07 Å². The Bertz CT molecular complexity index is 597. The van der Waals surface area contributed by atoms with Crippen LogP contribution in [-0.2, 0) is 0 Å². The Morgan fingerprint density at radius 2 is 2.06 bits per heavy atom. The lowest BCUT2D eigenvalue weighted by atomic mass is 10.1. The summed E-state index contributed by atoms with van der Waals surface area (Å²) in [5, 5.41) is 2.33. The molecule has 17 heavy (non-hydrogen) atoms. The minimum Gasteiger partial charge on any atom is -0.399 e. The first-order valence-electron chi connectivity index (χ1n) is 4.53. The van der Waals surface area contributed by atoms with Crippen LogP contribution >= 0.6 is 50.5 Å². The Labute approximate surface area is 120 Å². The molecule has 2 N–H and O–H groups in total. The van der Waals surface area contributed by atoms with Crippen LogP contribution in [0.4, 0.5) is 5.69 Å². The predicted octanol–water partition coefficient (Wildman–Crippen LogP) is 4.63. The average molecular weight is 351 g/mol. The molecule has 1 aromatic heterocycles. The fourth-order valence-electron chi connectivity index (χ4n) is 1.35. The third kappa shape index (κ3) is 2.50. The van der Waals surface area contributed by atoms with Crippen LogP contribution in [0, 0.1) is 0 Å². The van der Waals surface area contributed by atoms with Gasteiger partial charge in [-0.25, -0.2) is 0 Å². The smallest absolute Gasteiger partial charge is 0.205 e. The molecule has 0 radical (unpaired) electrons. The van der Waals surface area contributed by atoms with Crippen molar-refractivity contribution in [3.05, 3.63) is 48.5 Å². The van der Waals surface area contributed by atoms with Crippen LogP contribution in [0.5, 0.6) is 0 Å². The number of thiophene rings is 1. The zero-order chi connectivity index (χ0) is 12.6. The fourth-order valence-corrected chi connectivity index (χ4v) is 3.28. The van der Waals surface area contributed by atoms with Gasteiger partial charge in [-0.15, -0.1) is 11.3 Å². The van der Waals surface area contributed by atoms with E-state index in [9.17, 15) is 4.79 Å². The molecule has 0 aliphatic carbocycles. The molecule has 0 aliphatic rings. The van der Waals surface area contributed by atoms with Crippen LogP contribution in [0.2, 0.25) is 10.0 Å². The van der Waals surface area contributed by atoms with Crippen LogP contribution in [-0.4, -0.2) is 5.78 Å². The van der Waals surface area contributed by atoms with Gasteiger partial charge in [0.2, 0.25) is 5.78 Å². The number of rotatable bonds is 2. The summed E-state index contributed by atoms with van der Waals surface area (Å²) >= 11 is 16.5. The summed E-state index contributed by atoms with van der Waals surface area (Å²) < 4.78 is 0.738. The quantitative estimate of drug-likeness (QED) is 0.633. The van der Waals surface area contributed by atoms with Gasteiger partial charge in [0.25, 0.3) is 0 Å². The third-order valence-electron chi connectivity index (χ3n) is 2.12. The molecule has 2 aromatic rings. The lowest BCUT2D eigenvalue weighted by molar-refractivity contribution is 0.104. The van der Waals surface area contributed by atoms with Gasteiger partial charge >= 0.3 is 0 Å². The SMILES string of the molecule is Nc1cc(Cl)c(Cl)c(C(=O)c2sccc2Br)c1. The van der Waals surface area contributed by atoms with E-state index in [2.05, 4.69) is 15.9 Å². The molecule has 0 saturated heterocycles. The largest absolute Gasteiger partial charge is 0.399 e. The first-order chi connectivity index (χ1) is 8.00. The summed E-state index contributed by atoms with van der Waals surface area (Å²) in [4.78, 5) is 12.8. The topological polar surface area (TPSA) is 43.1 Å². The molecular formula is C11H6BrCl2NOS. The van der Waals surface area contributed by atoms with E-state index >= 15 is 0 Å². The Morgan fingerprint density at radius 3 is 2.65 bits per heavy atom. The summed E-state index contributed by atoms with van der Waals surface area (Å²) in [5.74, 6) is -0.189. The summed E-state index contributed by atoms with van der Waals surface area (Å²) in [6, 6.07) is 4.85. The van der Waals surface area contributed by atoms with E-state index in [1.807, 2.05) is 5.38 Å². The number of anilines is 1. The molecule has 1 heterocycles. The molecule has 0 unspecified atom stereocenters. The van der Waals surface area contributed by atoms with E-state index in [0.29, 0.717) is 16.1 Å². The number of carbonyl (C=O) groups is 1. The second-order valence-electron chi connectivity index (χ2n) is 3.29. The van der Waals surface area contributed by atoms with Crippen molar-refractivity contribution in [1.82, 2.24) is 0 Å². The highest BCUT2D eigenvalue weighted by molar-refractivity contribution is 9.10. The summed E-state index contributed by atoms with van der Waals surface area (Å²) in [6.07, 6.45) is 0. The Hall–Kier alpha value is -0.550. The highest BCUT2D eigenvalue weighted by Gasteiger charge is 2.19. The maximum absolute atomic E-state index is 12.2. The van der Waals surface area contributed by atoms with Crippen LogP contribution in [0.15, 0.2) is 28.1 Å². The molecule has 0 fully saturated rings. The number of halogens is 3. The Kier molecular flexibility index (Phi) is 3.78. The second-order valence-corrected chi connectivity index (χ2v) is 5.85. The number of ketones is 1. The Balaban J connectivity index is 2.55. The van der Waals surface area contributed by atoms with Gasteiger partial charge in [0.1, 0.15) is 0 Å². The number of nitrogens with two attached hydrogens (primary N) is 1. The summed E-state index contributed by atoms with van der Waals surface area (Å²) in [6.45, 7) is 0. The highest BCUT2D eigenvalue weighted by atomic mass is 79.9. The molecule has 0 atom stereocenters. The first-order valence-corrected chi connectivity index (χ1v) is 6.95. The van der Waals surface area contributed by atoms with E-state index in [-0.39, 0.29) is 15.8 Å². The molecule has 1 aromatic carbocycles. The summed E-state index contributed by atoms with van der Waals surface area (Å²) in [7, 11) is 0. The van der Waals surface area contributed by atoms with E-state index in [1.165, 1.54) is 23.5 Å². The Morgan fingerprint density at radius 1 is 1.35 bits per heavy atom. The highest BCUT2D eigenvalue weighted by Crippen LogP contribution is 2.33. The van der Waals surface area contributed by atoms with Crippen molar-refractivity contribution in [3.8, 4) is 0 Å². The normalized spacial score (nSPS) is 10.5. The second kappa shape index (κ2) is 4.98. The van der Waals surface area contributed by atoms with E-state index < -0.39 is 0 Å². The monoisotopic (exact) mass is 349 g/mol. The fraction of sp³-hybridized carbons (Fsp3) is 0. The van der Waals surface area contributed by atoms with Gasteiger partial charge in [0.05, 0.1) is 14.9 Å². The molecule has 88 valence electrons. The van der Waals surface area contributed by atoms with Crippen LogP contribution < -0.4 is 5.73 Å². The number of benzene rings is 1. The number of hydrogen-bond donors (Lipinski definition) is 1.